The summed E-state index contributed by atoms with van der Waals surface area (Å²) < 4.78 is 2.52. The number of anilines is 1. The van der Waals surface area contributed by atoms with Gasteiger partial charge in [-0.25, -0.2) is 0 Å². The summed E-state index contributed by atoms with van der Waals surface area (Å²) in [6, 6.07) is 7.40. The molecule has 0 spiro atoms. The molecule has 2 rings (SSSR count). The molecule has 0 unspecified atom stereocenters. The van der Waals surface area contributed by atoms with Gasteiger partial charge in [-0.1, -0.05) is 36.7 Å². The van der Waals surface area contributed by atoms with Gasteiger partial charge in [0.05, 0.1) is 12.2 Å². The fourth-order valence-corrected chi connectivity index (χ4v) is 2.95. The van der Waals surface area contributed by atoms with E-state index in [0.29, 0.717) is 5.69 Å². The molecule has 140 valence electrons. The van der Waals surface area contributed by atoms with Crippen LogP contribution in [0.2, 0.25) is 0 Å². The highest BCUT2D eigenvalue weighted by atomic mass is 79.9. The molecule has 6 nitrogen and oxygen atoms in total. The van der Waals surface area contributed by atoms with Gasteiger partial charge in [0.1, 0.15) is 5.69 Å². The van der Waals surface area contributed by atoms with E-state index in [1.807, 2.05) is 45.9 Å². The number of nitrogens with zero attached hydrogens (tertiary/aromatic N) is 3. The number of aryl methyl sites for hydroxylation is 2. The van der Waals surface area contributed by atoms with E-state index in [0.717, 1.165) is 21.4 Å². The molecule has 0 atom stereocenters. The smallest absolute Gasteiger partial charge is 0.272 e. The molecule has 0 bridgehead atoms. The van der Waals surface area contributed by atoms with Crippen molar-refractivity contribution in [2.45, 2.75) is 33.1 Å². The summed E-state index contributed by atoms with van der Waals surface area (Å²) in [5.41, 5.74) is 2.83. The van der Waals surface area contributed by atoms with Crippen LogP contribution in [-0.2, 0) is 17.3 Å². The lowest BCUT2D eigenvalue weighted by atomic mass is 9.92. The van der Waals surface area contributed by atoms with Gasteiger partial charge < -0.3 is 10.2 Å². The SMILES string of the molecule is Cc1cc(Br)ccc1NC(=O)CN(C)C(=O)c1cc(C(C)(C)C)nn1C. The number of aromatic nitrogens is 2. The second-order valence-electron chi connectivity index (χ2n) is 7.46. The molecular weight excluding hydrogens is 396 g/mol. The van der Waals surface area contributed by atoms with E-state index in [4.69, 9.17) is 0 Å². The zero-order valence-electron chi connectivity index (χ0n) is 16.1. The van der Waals surface area contributed by atoms with E-state index in [1.165, 1.54) is 4.90 Å². The van der Waals surface area contributed by atoms with Gasteiger partial charge in [-0.2, -0.15) is 5.10 Å². The summed E-state index contributed by atoms with van der Waals surface area (Å²) >= 11 is 3.40. The van der Waals surface area contributed by atoms with Gasteiger partial charge in [0.15, 0.2) is 0 Å². The summed E-state index contributed by atoms with van der Waals surface area (Å²) in [5.74, 6) is -0.484. The Morgan fingerprint density at radius 3 is 2.46 bits per heavy atom. The van der Waals surface area contributed by atoms with Crippen molar-refractivity contribution in [2.75, 3.05) is 18.9 Å². The fraction of sp³-hybridized carbons (Fsp3) is 0.421. The normalized spacial score (nSPS) is 11.3. The van der Waals surface area contributed by atoms with Crippen LogP contribution < -0.4 is 5.32 Å². The average Bonchev–Trinajstić information content (AvgIpc) is 2.91. The third kappa shape index (κ3) is 4.72. The standard InChI is InChI=1S/C19H25BrN4O2/c1-12-9-13(20)7-8-14(12)21-17(25)11-23(5)18(26)15-10-16(19(2,3)4)22-24(15)6/h7-10H,11H2,1-6H3,(H,21,25). The van der Waals surface area contributed by atoms with Crippen molar-refractivity contribution in [1.82, 2.24) is 14.7 Å². The summed E-state index contributed by atoms with van der Waals surface area (Å²) in [5, 5.41) is 7.26. The predicted molar refractivity (Wildman–Crippen MR) is 106 cm³/mol. The summed E-state index contributed by atoms with van der Waals surface area (Å²) in [6.07, 6.45) is 0. The minimum absolute atomic E-state index is 0.0373. The lowest BCUT2D eigenvalue weighted by Gasteiger charge is -2.17. The van der Waals surface area contributed by atoms with Crippen LogP contribution in [0.25, 0.3) is 0 Å². The Kier molecular flexibility index (Phi) is 5.91. The molecule has 1 heterocycles. The van der Waals surface area contributed by atoms with E-state index in [-0.39, 0.29) is 23.8 Å². The van der Waals surface area contributed by atoms with Gasteiger partial charge in [-0.15, -0.1) is 0 Å². The first-order valence-corrected chi connectivity index (χ1v) is 9.14. The van der Waals surface area contributed by atoms with Crippen molar-refractivity contribution in [2.24, 2.45) is 7.05 Å². The van der Waals surface area contributed by atoms with E-state index in [9.17, 15) is 9.59 Å². The molecule has 26 heavy (non-hydrogen) atoms. The van der Waals surface area contributed by atoms with Crippen LogP contribution >= 0.6 is 15.9 Å². The molecule has 2 aromatic rings. The number of halogens is 1. The quantitative estimate of drug-likeness (QED) is 0.822. The van der Waals surface area contributed by atoms with Crippen molar-refractivity contribution in [1.29, 1.82) is 0 Å². The molecule has 0 saturated heterocycles. The molecule has 0 fully saturated rings. The van der Waals surface area contributed by atoms with Gasteiger partial charge in [0, 0.05) is 29.7 Å². The molecule has 0 saturated carbocycles. The first-order valence-electron chi connectivity index (χ1n) is 8.35. The van der Waals surface area contributed by atoms with Crippen LogP contribution in [0, 0.1) is 6.92 Å². The Hall–Kier alpha value is -2.15. The highest BCUT2D eigenvalue weighted by Crippen LogP contribution is 2.22. The number of benzene rings is 1. The summed E-state index contributed by atoms with van der Waals surface area (Å²) in [4.78, 5) is 26.4. The van der Waals surface area contributed by atoms with Crippen molar-refractivity contribution >= 4 is 33.4 Å². The van der Waals surface area contributed by atoms with Gasteiger partial charge in [0.25, 0.3) is 5.91 Å². The van der Waals surface area contributed by atoms with Gasteiger partial charge in [0.2, 0.25) is 5.91 Å². The van der Waals surface area contributed by atoms with Crippen molar-refractivity contribution in [3.05, 3.63) is 45.7 Å². The lowest BCUT2D eigenvalue weighted by Crippen LogP contribution is -2.35. The number of carbonyl (C=O) groups excluding carboxylic acids is 2. The Bertz CT molecular complexity index is 837. The minimum atomic E-state index is -0.246. The second-order valence-corrected chi connectivity index (χ2v) is 8.37. The number of nitrogens with one attached hydrogen (secondary N) is 1. The van der Waals surface area contributed by atoms with Crippen LogP contribution in [-0.4, -0.2) is 40.1 Å². The molecule has 1 N–H and O–H groups in total. The molecule has 0 radical (unpaired) electrons. The Balaban J connectivity index is 2.07. The maximum Gasteiger partial charge on any atom is 0.272 e. The highest BCUT2D eigenvalue weighted by molar-refractivity contribution is 9.10. The first kappa shape index (κ1) is 20.2. The van der Waals surface area contributed by atoms with E-state index >= 15 is 0 Å². The molecule has 2 amide bonds. The zero-order chi connectivity index (χ0) is 19.6. The van der Waals surface area contributed by atoms with E-state index in [2.05, 4.69) is 26.3 Å². The van der Waals surface area contributed by atoms with Crippen molar-refractivity contribution in [3.63, 3.8) is 0 Å². The predicted octanol–water partition coefficient (Wildman–Crippen LogP) is 3.50. The molecule has 0 aliphatic heterocycles. The van der Waals surface area contributed by atoms with Crippen LogP contribution in [0.1, 0.15) is 42.5 Å². The molecule has 7 heteroatoms. The average molecular weight is 421 g/mol. The van der Waals surface area contributed by atoms with Crippen LogP contribution in [0.15, 0.2) is 28.7 Å². The van der Waals surface area contributed by atoms with Gasteiger partial charge in [-0.05, 0) is 36.8 Å². The van der Waals surface area contributed by atoms with Crippen LogP contribution in [0.4, 0.5) is 5.69 Å². The number of hydrogen-bond acceptors (Lipinski definition) is 3. The maximum absolute atomic E-state index is 12.7. The number of hydrogen-bond donors (Lipinski definition) is 1. The molecule has 1 aromatic heterocycles. The lowest BCUT2D eigenvalue weighted by molar-refractivity contribution is -0.116. The van der Waals surface area contributed by atoms with Crippen LogP contribution in [0.3, 0.4) is 0 Å². The third-order valence-electron chi connectivity index (χ3n) is 4.06. The molecule has 1 aromatic carbocycles. The second kappa shape index (κ2) is 7.61. The highest BCUT2D eigenvalue weighted by Gasteiger charge is 2.24. The third-order valence-corrected chi connectivity index (χ3v) is 4.55. The van der Waals surface area contributed by atoms with Crippen LogP contribution in [0.5, 0.6) is 0 Å². The first-order chi connectivity index (χ1) is 12.0. The number of amides is 2. The minimum Gasteiger partial charge on any atom is -0.331 e. The van der Waals surface area contributed by atoms with Gasteiger partial charge >= 0.3 is 0 Å². The maximum atomic E-state index is 12.7. The Morgan fingerprint density at radius 2 is 1.92 bits per heavy atom. The zero-order valence-corrected chi connectivity index (χ0v) is 17.6. The Labute approximate surface area is 162 Å². The van der Waals surface area contributed by atoms with Crippen molar-refractivity contribution in [3.8, 4) is 0 Å². The van der Waals surface area contributed by atoms with E-state index < -0.39 is 0 Å². The number of likely N-dealkylation sites (N-methyl/N-ethyl adjacent to an activating group) is 1. The molecule has 0 aliphatic rings. The summed E-state index contributed by atoms with van der Waals surface area (Å²) in [6.45, 7) is 8.01. The fourth-order valence-electron chi connectivity index (χ4n) is 2.47. The molecular formula is C19H25BrN4O2. The monoisotopic (exact) mass is 420 g/mol. The number of rotatable bonds is 4. The largest absolute Gasteiger partial charge is 0.331 e. The topological polar surface area (TPSA) is 67.2 Å². The molecule has 0 aliphatic carbocycles. The summed E-state index contributed by atoms with van der Waals surface area (Å²) in [7, 11) is 3.35. The van der Waals surface area contributed by atoms with Gasteiger partial charge in [-0.3, -0.25) is 14.3 Å². The Morgan fingerprint density at radius 1 is 1.27 bits per heavy atom. The van der Waals surface area contributed by atoms with E-state index in [1.54, 1.807) is 24.8 Å². The number of carbonyl (C=O) groups is 2. The van der Waals surface area contributed by atoms with Crippen molar-refractivity contribution < 1.29 is 9.59 Å².